The van der Waals surface area contributed by atoms with Crippen molar-refractivity contribution in [3.05, 3.63) is 63.7 Å². The zero-order valence-electron chi connectivity index (χ0n) is 15.0. The summed E-state index contributed by atoms with van der Waals surface area (Å²) in [5.74, 6) is 0.571. The summed E-state index contributed by atoms with van der Waals surface area (Å²) in [6.45, 7) is 5.50. The van der Waals surface area contributed by atoms with E-state index < -0.39 is 6.10 Å². The molecule has 1 atom stereocenters. The number of fused-ring (bicyclic) bond motifs is 1. The third-order valence-electron chi connectivity index (χ3n) is 4.15. The minimum Gasteiger partial charge on any atom is -0.491 e. The van der Waals surface area contributed by atoms with Crippen molar-refractivity contribution in [2.75, 3.05) is 6.61 Å². The second-order valence-corrected chi connectivity index (χ2v) is 6.34. The van der Waals surface area contributed by atoms with Gasteiger partial charge in [-0.05, 0) is 45.0 Å². The lowest BCUT2D eigenvalue weighted by molar-refractivity contribution is 0.0925. The van der Waals surface area contributed by atoms with Crippen molar-refractivity contribution in [2.24, 2.45) is 0 Å². The Morgan fingerprint density at radius 1 is 1.23 bits per heavy atom. The fourth-order valence-corrected chi connectivity index (χ4v) is 2.82. The Bertz CT molecular complexity index is 1000. The molecule has 7 heteroatoms. The number of aliphatic hydroxyl groups excluding tert-OH is 1. The number of benzene rings is 1. The van der Waals surface area contributed by atoms with Crippen LogP contribution in [0.25, 0.3) is 5.65 Å². The van der Waals surface area contributed by atoms with Gasteiger partial charge in [0.05, 0.1) is 12.2 Å². The van der Waals surface area contributed by atoms with Crippen molar-refractivity contribution in [3.8, 4) is 5.75 Å². The first-order chi connectivity index (χ1) is 12.3. The minimum atomic E-state index is -0.775. The van der Waals surface area contributed by atoms with Crippen LogP contribution >= 0.6 is 0 Å². The average molecular weight is 355 g/mol. The van der Waals surface area contributed by atoms with Crippen LogP contribution in [0.1, 0.15) is 28.7 Å². The fourth-order valence-electron chi connectivity index (χ4n) is 2.82. The van der Waals surface area contributed by atoms with Crippen LogP contribution in [0, 0.1) is 13.8 Å². The summed E-state index contributed by atoms with van der Waals surface area (Å²) in [6, 6.07) is 10.1. The van der Waals surface area contributed by atoms with E-state index in [1.165, 1.54) is 17.5 Å². The topological polar surface area (TPSA) is 85.8 Å². The molecule has 26 heavy (non-hydrogen) atoms. The third-order valence-corrected chi connectivity index (χ3v) is 4.15. The van der Waals surface area contributed by atoms with Crippen LogP contribution in [0.15, 0.2) is 41.2 Å². The van der Waals surface area contributed by atoms with E-state index >= 15 is 0 Å². The number of rotatable bonds is 6. The lowest BCUT2D eigenvalue weighted by atomic mass is 10.1. The smallest absolute Gasteiger partial charge is 0.274 e. The predicted molar refractivity (Wildman–Crippen MR) is 96.9 cm³/mol. The maximum absolute atomic E-state index is 12.0. The first-order valence-corrected chi connectivity index (χ1v) is 8.34. The molecule has 1 unspecified atom stereocenters. The van der Waals surface area contributed by atoms with Gasteiger partial charge in [-0.25, -0.2) is 0 Å². The van der Waals surface area contributed by atoms with Crippen molar-refractivity contribution < 1.29 is 14.6 Å². The highest BCUT2D eigenvalue weighted by Crippen LogP contribution is 2.14. The summed E-state index contributed by atoms with van der Waals surface area (Å²) in [7, 11) is 0. The summed E-state index contributed by atoms with van der Waals surface area (Å²) in [5, 5.41) is 14.5. The van der Waals surface area contributed by atoms with Crippen LogP contribution < -0.4 is 10.3 Å². The molecular weight excluding hydrogens is 334 g/mol. The van der Waals surface area contributed by atoms with Gasteiger partial charge in [-0.15, -0.1) is 0 Å². The van der Waals surface area contributed by atoms with Gasteiger partial charge in [0.2, 0.25) is 0 Å². The number of aliphatic hydroxyl groups is 1. The molecule has 7 nitrogen and oxygen atoms in total. The Kier molecular flexibility index (Phi) is 4.90. The molecule has 1 aromatic carbocycles. The van der Waals surface area contributed by atoms with E-state index in [2.05, 4.69) is 5.10 Å². The number of aromatic nitrogens is 3. The molecule has 3 aromatic rings. The molecule has 2 heterocycles. The normalized spacial score (nSPS) is 12.3. The maximum atomic E-state index is 12.0. The van der Waals surface area contributed by atoms with Crippen molar-refractivity contribution in [3.63, 3.8) is 0 Å². The van der Waals surface area contributed by atoms with Gasteiger partial charge in [-0.3, -0.25) is 9.59 Å². The number of aryl methyl sites for hydroxylation is 2. The van der Waals surface area contributed by atoms with Crippen LogP contribution in [0.4, 0.5) is 0 Å². The second-order valence-electron chi connectivity index (χ2n) is 6.34. The first kappa shape index (κ1) is 17.9. The van der Waals surface area contributed by atoms with E-state index in [9.17, 15) is 14.7 Å². The molecule has 2 aromatic heterocycles. The lowest BCUT2D eigenvalue weighted by Crippen LogP contribution is -2.27. The van der Waals surface area contributed by atoms with E-state index in [0.717, 1.165) is 11.4 Å². The van der Waals surface area contributed by atoms with Gasteiger partial charge in [0.1, 0.15) is 24.1 Å². The molecule has 0 aliphatic carbocycles. The highest BCUT2D eigenvalue weighted by molar-refractivity contribution is 5.94. The summed E-state index contributed by atoms with van der Waals surface area (Å²) < 4.78 is 8.77. The number of carbonyl (C=O) groups excluding carboxylic acids is 1. The van der Waals surface area contributed by atoms with Crippen molar-refractivity contribution in [1.82, 2.24) is 14.2 Å². The van der Waals surface area contributed by atoms with Crippen LogP contribution in [0.2, 0.25) is 0 Å². The predicted octanol–water partition coefficient (Wildman–Crippen LogP) is 1.76. The van der Waals surface area contributed by atoms with Crippen molar-refractivity contribution in [1.29, 1.82) is 0 Å². The quantitative estimate of drug-likeness (QED) is 0.681. The molecule has 0 bridgehead atoms. The Morgan fingerprint density at radius 2 is 1.92 bits per heavy atom. The first-order valence-electron chi connectivity index (χ1n) is 8.34. The van der Waals surface area contributed by atoms with E-state index in [0.29, 0.717) is 17.0 Å². The van der Waals surface area contributed by atoms with Gasteiger partial charge in [0, 0.05) is 23.4 Å². The highest BCUT2D eigenvalue weighted by Gasteiger charge is 2.13. The number of Topliss-reactive ketones (excluding diaryl/α,β-unsaturated/α-hetero) is 1. The van der Waals surface area contributed by atoms with Crippen molar-refractivity contribution in [2.45, 2.75) is 33.4 Å². The van der Waals surface area contributed by atoms with Crippen LogP contribution in [0.5, 0.6) is 5.75 Å². The largest absolute Gasteiger partial charge is 0.491 e. The zero-order valence-corrected chi connectivity index (χ0v) is 15.0. The number of ketones is 1. The molecule has 3 rings (SSSR count). The number of hydrogen-bond acceptors (Lipinski definition) is 5. The fraction of sp³-hybridized carbons (Fsp3) is 0.316. The van der Waals surface area contributed by atoms with Gasteiger partial charge in [-0.1, -0.05) is 0 Å². The number of carbonyl (C=O) groups is 1. The van der Waals surface area contributed by atoms with Crippen molar-refractivity contribution >= 4 is 11.4 Å². The van der Waals surface area contributed by atoms with E-state index in [-0.39, 0.29) is 24.5 Å². The number of nitrogens with zero attached hydrogens (tertiary/aromatic N) is 3. The molecule has 0 saturated heterocycles. The number of ether oxygens (including phenoxy) is 1. The van der Waals surface area contributed by atoms with E-state index in [1.54, 1.807) is 24.3 Å². The zero-order chi connectivity index (χ0) is 18.8. The molecule has 0 amide bonds. The monoisotopic (exact) mass is 355 g/mol. The molecule has 0 aliphatic heterocycles. The molecule has 1 N–H and O–H groups in total. The molecule has 0 aliphatic rings. The lowest BCUT2D eigenvalue weighted by Gasteiger charge is -2.17. The summed E-state index contributed by atoms with van der Waals surface area (Å²) in [4.78, 5) is 23.3. The Hall–Kier alpha value is -2.93. The third kappa shape index (κ3) is 3.67. The second kappa shape index (κ2) is 7.13. The van der Waals surface area contributed by atoms with Gasteiger partial charge >= 0.3 is 0 Å². The molecule has 136 valence electrons. The molecule has 0 spiro atoms. The standard InChI is InChI=1S/C19H21N3O4/c1-12-8-18-21(13(2)9-19(25)22(18)20-12)10-16(24)11-26-17-6-4-15(5-7-17)14(3)23/h4-9,16,24H,10-11H2,1-3H3. The SMILES string of the molecule is CC(=O)c1ccc(OCC(O)Cn2c(C)cc(=O)n3nc(C)cc23)cc1. The summed E-state index contributed by atoms with van der Waals surface area (Å²) >= 11 is 0. The molecule has 0 radical (unpaired) electrons. The Morgan fingerprint density at radius 3 is 2.58 bits per heavy atom. The van der Waals surface area contributed by atoms with Gasteiger partial charge in [0.15, 0.2) is 5.78 Å². The van der Waals surface area contributed by atoms with Crippen LogP contribution in [-0.4, -0.2) is 37.8 Å². The van der Waals surface area contributed by atoms with Crippen LogP contribution in [-0.2, 0) is 6.54 Å². The Labute approximate surface area is 150 Å². The van der Waals surface area contributed by atoms with Crippen LogP contribution in [0.3, 0.4) is 0 Å². The highest BCUT2D eigenvalue weighted by atomic mass is 16.5. The molecule has 0 saturated carbocycles. The average Bonchev–Trinajstić information content (AvgIpc) is 2.99. The van der Waals surface area contributed by atoms with E-state index in [1.807, 2.05) is 24.5 Å². The summed E-state index contributed by atoms with van der Waals surface area (Å²) in [6.07, 6.45) is -0.775. The van der Waals surface area contributed by atoms with E-state index in [4.69, 9.17) is 4.74 Å². The van der Waals surface area contributed by atoms with Gasteiger partial charge in [-0.2, -0.15) is 9.61 Å². The Balaban J connectivity index is 1.72. The van der Waals surface area contributed by atoms with Gasteiger partial charge < -0.3 is 14.4 Å². The minimum absolute atomic E-state index is 0.00889. The maximum Gasteiger partial charge on any atom is 0.274 e. The molecular formula is C19H21N3O4. The summed E-state index contributed by atoms with van der Waals surface area (Å²) in [5.41, 5.74) is 2.53. The van der Waals surface area contributed by atoms with Gasteiger partial charge in [0.25, 0.3) is 5.56 Å². The number of hydrogen-bond donors (Lipinski definition) is 1. The molecule has 0 fully saturated rings.